The van der Waals surface area contributed by atoms with Gasteiger partial charge < -0.3 is 10.1 Å². The molecule has 0 radical (unpaired) electrons. The van der Waals surface area contributed by atoms with E-state index in [2.05, 4.69) is 31.0 Å². The Hall–Kier alpha value is -1.28. The van der Waals surface area contributed by atoms with Crippen LogP contribution in [0.15, 0.2) is 36.4 Å². The van der Waals surface area contributed by atoms with Crippen LogP contribution in [0.5, 0.6) is 5.75 Å². The molecule has 2 heteroatoms. The third-order valence-corrected chi connectivity index (χ3v) is 2.33. The second kappa shape index (κ2) is 5.56. The van der Waals surface area contributed by atoms with Crippen LogP contribution in [0.3, 0.4) is 0 Å². The molecule has 15 heavy (non-hydrogen) atoms. The number of methoxy groups -OCH3 is 1. The van der Waals surface area contributed by atoms with Gasteiger partial charge >= 0.3 is 0 Å². The second-order valence-corrected chi connectivity index (χ2v) is 3.83. The highest BCUT2D eigenvalue weighted by molar-refractivity contribution is 5.28. The lowest BCUT2D eigenvalue weighted by Crippen LogP contribution is -2.20. The number of benzene rings is 1. The number of hydrogen-bond acceptors (Lipinski definition) is 2. The van der Waals surface area contributed by atoms with Crippen molar-refractivity contribution < 1.29 is 4.74 Å². The largest absolute Gasteiger partial charge is 0.497 e. The third-order valence-electron chi connectivity index (χ3n) is 2.33. The summed E-state index contributed by atoms with van der Waals surface area (Å²) in [6.07, 6.45) is 0. The molecule has 1 aromatic rings. The van der Waals surface area contributed by atoms with Gasteiger partial charge in [0.2, 0.25) is 0 Å². The van der Waals surface area contributed by atoms with Gasteiger partial charge in [0.1, 0.15) is 5.75 Å². The van der Waals surface area contributed by atoms with E-state index in [1.54, 1.807) is 7.11 Å². The van der Waals surface area contributed by atoms with Crippen LogP contribution in [-0.2, 0) is 0 Å². The first-order valence-electron chi connectivity index (χ1n) is 5.15. The van der Waals surface area contributed by atoms with E-state index in [4.69, 9.17) is 4.74 Å². The lowest BCUT2D eigenvalue weighted by Gasteiger charge is -2.14. The highest BCUT2D eigenvalue weighted by Gasteiger charge is 2.03. The van der Waals surface area contributed by atoms with Gasteiger partial charge in [-0.1, -0.05) is 24.3 Å². The number of ether oxygens (including phenoxy) is 1. The van der Waals surface area contributed by atoms with Crippen molar-refractivity contribution in [2.75, 3.05) is 13.7 Å². The number of rotatable bonds is 5. The molecule has 0 spiro atoms. The van der Waals surface area contributed by atoms with Gasteiger partial charge in [0.25, 0.3) is 0 Å². The molecular weight excluding hydrogens is 186 g/mol. The maximum Gasteiger partial charge on any atom is 0.118 e. The van der Waals surface area contributed by atoms with E-state index < -0.39 is 0 Å². The molecule has 1 unspecified atom stereocenters. The van der Waals surface area contributed by atoms with Crippen LogP contribution >= 0.6 is 0 Å². The minimum absolute atomic E-state index is 0.340. The Morgan fingerprint density at radius 3 is 2.47 bits per heavy atom. The lowest BCUT2D eigenvalue weighted by atomic mass is 10.1. The van der Waals surface area contributed by atoms with Crippen molar-refractivity contribution in [3.05, 3.63) is 42.0 Å². The normalized spacial score (nSPS) is 12.2. The predicted octanol–water partition coefficient (Wildman–Crippen LogP) is 2.92. The fourth-order valence-corrected chi connectivity index (χ4v) is 1.34. The molecule has 0 aliphatic carbocycles. The molecule has 2 nitrogen and oxygen atoms in total. The monoisotopic (exact) mass is 205 g/mol. The summed E-state index contributed by atoms with van der Waals surface area (Å²) in [5.41, 5.74) is 2.41. The zero-order valence-electron chi connectivity index (χ0n) is 9.71. The van der Waals surface area contributed by atoms with Gasteiger partial charge in [-0.25, -0.2) is 0 Å². The first-order chi connectivity index (χ1) is 7.13. The van der Waals surface area contributed by atoms with Crippen molar-refractivity contribution in [3.63, 3.8) is 0 Å². The van der Waals surface area contributed by atoms with Crippen LogP contribution in [0.4, 0.5) is 0 Å². The summed E-state index contributed by atoms with van der Waals surface area (Å²) in [5, 5.41) is 3.40. The molecule has 0 fully saturated rings. The molecule has 0 aliphatic rings. The van der Waals surface area contributed by atoms with Gasteiger partial charge in [0.05, 0.1) is 7.11 Å². The van der Waals surface area contributed by atoms with Gasteiger partial charge in [-0.15, -0.1) is 0 Å². The van der Waals surface area contributed by atoms with Crippen LogP contribution in [-0.4, -0.2) is 13.7 Å². The summed E-state index contributed by atoms with van der Waals surface area (Å²) in [4.78, 5) is 0. The van der Waals surface area contributed by atoms with Gasteiger partial charge in [-0.05, 0) is 31.5 Å². The topological polar surface area (TPSA) is 21.3 Å². The summed E-state index contributed by atoms with van der Waals surface area (Å²) >= 11 is 0. The van der Waals surface area contributed by atoms with Gasteiger partial charge in [0, 0.05) is 12.6 Å². The standard InChI is InChI=1S/C13H19NO/c1-10(2)9-14-11(3)12-5-7-13(15-4)8-6-12/h5-8,11,14H,1,9H2,2-4H3. The zero-order valence-corrected chi connectivity index (χ0v) is 9.71. The second-order valence-electron chi connectivity index (χ2n) is 3.83. The maximum atomic E-state index is 5.11. The molecular formula is C13H19NO. The van der Waals surface area contributed by atoms with Crippen molar-refractivity contribution in [2.45, 2.75) is 19.9 Å². The zero-order chi connectivity index (χ0) is 11.3. The van der Waals surface area contributed by atoms with E-state index in [9.17, 15) is 0 Å². The molecule has 0 saturated heterocycles. The SMILES string of the molecule is C=C(C)CNC(C)c1ccc(OC)cc1. The van der Waals surface area contributed by atoms with E-state index in [1.807, 2.05) is 19.1 Å². The van der Waals surface area contributed by atoms with E-state index in [0.29, 0.717) is 6.04 Å². The van der Waals surface area contributed by atoms with Gasteiger partial charge in [-0.2, -0.15) is 0 Å². The number of hydrogen-bond donors (Lipinski definition) is 1. The summed E-state index contributed by atoms with van der Waals surface area (Å²) in [6, 6.07) is 8.46. The molecule has 1 rings (SSSR count). The molecule has 0 bridgehead atoms. The Morgan fingerprint density at radius 1 is 1.40 bits per heavy atom. The summed E-state index contributed by atoms with van der Waals surface area (Å²) < 4.78 is 5.11. The Balaban J connectivity index is 2.57. The summed E-state index contributed by atoms with van der Waals surface area (Å²) in [6.45, 7) is 8.89. The van der Waals surface area contributed by atoms with Crippen LogP contribution in [0.25, 0.3) is 0 Å². The van der Waals surface area contributed by atoms with Crippen molar-refractivity contribution in [1.29, 1.82) is 0 Å². The minimum Gasteiger partial charge on any atom is -0.497 e. The Bertz CT molecular complexity index is 316. The number of nitrogens with one attached hydrogen (secondary N) is 1. The van der Waals surface area contributed by atoms with Crippen molar-refractivity contribution in [2.24, 2.45) is 0 Å². The molecule has 1 aromatic carbocycles. The molecule has 0 heterocycles. The Kier molecular flexibility index (Phi) is 4.37. The maximum absolute atomic E-state index is 5.11. The lowest BCUT2D eigenvalue weighted by molar-refractivity contribution is 0.414. The molecule has 82 valence electrons. The molecule has 0 aromatic heterocycles. The van der Waals surface area contributed by atoms with Crippen LogP contribution in [0.1, 0.15) is 25.5 Å². The van der Waals surface area contributed by atoms with E-state index >= 15 is 0 Å². The Labute approximate surface area is 92.0 Å². The van der Waals surface area contributed by atoms with Crippen LogP contribution in [0.2, 0.25) is 0 Å². The Morgan fingerprint density at radius 2 is 2.00 bits per heavy atom. The fraction of sp³-hybridized carbons (Fsp3) is 0.385. The highest BCUT2D eigenvalue weighted by atomic mass is 16.5. The molecule has 1 N–H and O–H groups in total. The van der Waals surface area contributed by atoms with E-state index in [0.717, 1.165) is 17.9 Å². The molecule has 0 saturated carbocycles. The first-order valence-corrected chi connectivity index (χ1v) is 5.15. The van der Waals surface area contributed by atoms with Crippen molar-refractivity contribution >= 4 is 0 Å². The van der Waals surface area contributed by atoms with Crippen LogP contribution < -0.4 is 10.1 Å². The minimum atomic E-state index is 0.340. The van der Waals surface area contributed by atoms with Crippen LogP contribution in [0, 0.1) is 0 Å². The third kappa shape index (κ3) is 3.76. The van der Waals surface area contributed by atoms with Gasteiger partial charge in [-0.3, -0.25) is 0 Å². The summed E-state index contributed by atoms with van der Waals surface area (Å²) in [5.74, 6) is 0.894. The highest BCUT2D eigenvalue weighted by Crippen LogP contribution is 2.17. The van der Waals surface area contributed by atoms with Crippen molar-refractivity contribution in [1.82, 2.24) is 5.32 Å². The smallest absolute Gasteiger partial charge is 0.118 e. The summed E-state index contributed by atoms with van der Waals surface area (Å²) in [7, 11) is 1.68. The molecule has 0 amide bonds. The molecule has 1 atom stereocenters. The van der Waals surface area contributed by atoms with E-state index in [1.165, 1.54) is 5.56 Å². The predicted molar refractivity (Wildman–Crippen MR) is 64.2 cm³/mol. The average molecular weight is 205 g/mol. The fourth-order valence-electron chi connectivity index (χ4n) is 1.34. The quantitative estimate of drug-likeness (QED) is 0.746. The first kappa shape index (κ1) is 11.8. The molecule has 0 aliphatic heterocycles. The van der Waals surface area contributed by atoms with E-state index in [-0.39, 0.29) is 0 Å². The average Bonchev–Trinajstić information content (AvgIpc) is 2.26. The van der Waals surface area contributed by atoms with Crippen molar-refractivity contribution in [3.8, 4) is 5.75 Å². The van der Waals surface area contributed by atoms with Gasteiger partial charge in [0.15, 0.2) is 0 Å².